The molecule has 16 heavy (non-hydrogen) atoms. The maximum Gasteiger partial charge on any atom is 0.331 e. The van der Waals surface area contributed by atoms with Crippen LogP contribution < -0.4 is 5.32 Å². The van der Waals surface area contributed by atoms with Crippen LogP contribution in [0.2, 0.25) is 0 Å². The Bertz CT molecular complexity index is 296. The van der Waals surface area contributed by atoms with Crippen molar-refractivity contribution in [2.75, 3.05) is 6.54 Å². The van der Waals surface area contributed by atoms with Crippen molar-refractivity contribution in [2.45, 2.75) is 39.5 Å². The summed E-state index contributed by atoms with van der Waals surface area (Å²) < 4.78 is 0. The van der Waals surface area contributed by atoms with Gasteiger partial charge in [-0.05, 0) is 12.8 Å². The van der Waals surface area contributed by atoms with Gasteiger partial charge in [0.2, 0.25) is 11.8 Å². The molecule has 5 nitrogen and oxygen atoms in total. The van der Waals surface area contributed by atoms with Gasteiger partial charge < -0.3 is 0 Å². The molecule has 1 fully saturated rings. The molecule has 0 unspecified atom stereocenters. The second-order valence-corrected chi connectivity index (χ2v) is 4.05. The van der Waals surface area contributed by atoms with E-state index in [1.54, 1.807) is 0 Å². The lowest BCUT2D eigenvalue weighted by Gasteiger charge is -2.19. The molecule has 1 aliphatic heterocycles. The van der Waals surface area contributed by atoms with E-state index < -0.39 is 11.9 Å². The molecule has 0 aromatic rings. The lowest BCUT2D eigenvalue weighted by molar-refractivity contribution is -0.134. The van der Waals surface area contributed by atoms with Crippen molar-refractivity contribution in [1.29, 1.82) is 0 Å². The molecule has 0 spiro atoms. The standard InChI is InChI=1S/C11H18N2O3/c1-3-5-8(6-4-2)10(15)13-7-9(14)12-11(13)16/h8H,3-7H2,1-2H3,(H,12,14,16). The van der Waals surface area contributed by atoms with Crippen LogP contribution in [-0.4, -0.2) is 29.3 Å². The highest BCUT2D eigenvalue weighted by atomic mass is 16.2. The quantitative estimate of drug-likeness (QED) is 0.718. The molecule has 1 heterocycles. The number of amides is 4. The third-order valence-corrected chi connectivity index (χ3v) is 2.68. The summed E-state index contributed by atoms with van der Waals surface area (Å²) >= 11 is 0. The molecule has 0 bridgehead atoms. The van der Waals surface area contributed by atoms with Crippen LogP contribution in [0.25, 0.3) is 0 Å². The predicted molar refractivity (Wildman–Crippen MR) is 58.6 cm³/mol. The number of urea groups is 1. The molecule has 1 rings (SSSR count). The van der Waals surface area contributed by atoms with Gasteiger partial charge in [0, 0.05) is 5.92 Å². The zero-order valence-corrected chi connectivity index (χ0v) is 9.78. The number of nitrogens with one attached hydrogen (secondary N) is 1. The van der Waals surface area contributed by atoms with E-state index in [0.717, 1.165) is 30.6 Å². The second-order valence-electron chi connectivity index (χ2n) is 4.05. The van der Waals surface area contributed by atoms with Gasteiger partial charge in [-0.15, -0.1) is 0 Å². The number of carbonyl (C=O) groups excluding carboxylic acids is 3. The molecule has 4 amide bonds. The molecule has 5 heteroatoms. The van der Waals surface area contributed by atoms with Gasteiger partial charge in [-0.3, -0.25) is 19.8 Å². The Morgan fingerprint density at radius 1 is 1.31 bits per heavy atom. The minimum Gasteiger partial charge on any atom is -0.276 e. The van der Waals surface area contributed by atoms with E-state index in [9.17, 15) is 14.4 Å². The summed E-state index contributed by atoms with van der Waals surface area (Å²) in [6.45, 7) is 3.89. The van der Waals surface area contributed by atoms with Crippen molar-refractivity contribution in [3.63, 3.8) is 0 Å². The highest BCUT2D eigenvalue weighted by Crippen LogP contribution is 2.18. The number of hydrogen-bond donors (Lipinski definition) is 1. The molecule has 0 saturated carbocycles. The minimum atomic E-state index is -0.577. The van der Waals surface area contributed by atoms with Crippen LogP contribution in [0.1, 0.15) is 39.5 Å². The summed E-state index contributed by atoms with van der Waals surface area (Å²) in [6, 6.07) is -0.577. The summed E-state index contributed by atoms with van der Waals surface area (Å²) in [5, 5.41) is 2.11. The molecular weight excluding hydrogens is 208 g/mol. The predicted octanol–water partition coefficient (Wildman–Crippen LogP) is 1.28. The average Bonchev–Trinajstić information content (AvgIpc) is 2.56. The molecule has 0 aromatic heterocycles. The zero-order chi connectivity index (χ0) is 12.1. The van der Waals surface area contributed by atoms with Crippen molar-refractivity contribution < 1.29 is 14.4 Å². The number of rotatable bonds is 5. The van der Waals surface area contributed by atoms with Crippen LogP contribution in [0.4, 0.5) is 4.79 Å². The highest BCUT2D eigenvalue weighted by Gasteiger charge is 2.34. The summed E-state index contributed by atoms with van der Waals surface area (Å²) in [5.74, 6) is -0.746. The Kier molecular flexibility index (Phi) is 4.46. The third-order valence-electron chi connectivity index (χ3n) is 2.68. The van der Waals surface area contributed by atoms with Crippen molar-refractivity contribution >= 4 is 17.8 Å². The van der Waals surface area contributed by atoms with Gasteiger partial charge in [-0.1, -0.05) is 26.7 Å². The van der Waals surface area contributed by atoms with Gasteiger partial charge in [-0.25, -0.2) is 4.79 Å². The molecule has 1 N–H and O–H groups in total. The topological polar surface area (TPSA) is 66.5 Å². The average molecular weight is 226 g/mol. The Morgan fingerprint density at radius 3 is 2.25 bits per heavy atom. The first-order chi connectivity index (χ1) is 7.60. The van der Waals surface area contributed by atoms with Crippen LogP contribution in [-0.2, 0) is 9.59 Å². The summed E-state index contributed by atoms with van der Waals surface area (Å²) in [5.41, 5.74) is 0. The molecule has 90 valence electrons. The fourth-order valence-corrected chi connectivity index (χ4v) is 1.93. The van der Waals surface area contributed by atoms with Crippen LogP contribution >= 0.6 is 0 Å². The fraction of sp³-hybridized carbons (Fsp3) is 0.727. The van der Waals surface area contributed by atoms with Crippen LogP contribution in [0.5, 0.6) is 0 Å². The number of imide groups is 2. The third kappa shape index (κ3) is 2.81. The maximum atomic E-state index is 12.0. The van der Waals surface area contributed by atoms with Gasteiger partial charge >= 0.3 is 6.03 Å². The first-order valence-corrected chi connectivity index (χ1v) is 5.75. The number of hydrogen-bond acceptors (Lipinski definition) is 3. The van der Waals surface area contributed by atoms with E-state index in [-0.39, 0.29) is 18.4 Å². The van der Waals surface area contributed by atoms with Gasteiger partial charge in [-0.2, -0.15) is 0 Å². The van der Waals surface area contributed by atoms with Crippen molar-refractivity contribution in [2.24, 2.45) is 5.92 Å². The molecule has 1 saturated heterocycles. The van der Waals surface area contributed by atoms with Crippen LogP contribution in [0, 0.1) is 5.92 Å². The number of nitrogens with zero attached hydrogens (tertiary/aromatic N) is 1. The van der Waals surface area contributed by atoms with Gasteiger partial charge in [0.25, 0.3) is 0 Å². The lowest BCUT2D eigenvalue weighted by atomic mass is 9.97. The fourth-order valence-electron chi connectivity index (χ4n) is 1.93. The SMILES string of the molecule is CCCC(CCC)C(=O)N1CC(=O)NC1=O. The van der Waals surface area contributed by atoms with Crippen molar-refractivity contribution in [1.82, 2.24) is 10.2 Å². The molecular formula is C11H18N2O3. The van der Waals surface area contributed by atoms with Crippen molar-refractivity contribution in [3.8, 4) is 0 Å². The molecule has 0 aromatic carbocycles. The van der Waals surface area contributed by atoms with E-state index in [1.807, 2.05) is 13.8 Å². The summed E-state index contributed by atoms with van der Waals surface area (Å²) in [7, 11) is 0. The second kappa shape index (κ2) is 5.63. The minimum absolute atomic E-state index is 0.123. The van der Waals surface area contributed by atoms with Crippen molar-refractivity contribution in [3.05, 3.63) is 0 Å². The maximum absolute atomic E-state index is 12.0. The highest BCUT2D eigenvalue weighted by molar-refractivity contribution is 6.10. The van der Waals surface area contributed by atoms with E-state index >= 15 is 0 Å². The Labute approximate surface area is 95.2 Å². The smallest absolute Gasteiger partial charge is 0.276 e. The first kappa shape index (κ1) is 12.7. The summed E-state index contributed by atoms with van der Waals surface area (Å²) in [4.78, 5) is 35.3. The van der Waals surface area contributed by atoms with Crippen LogP contribution in [0.3, 0.4) is 0 Å². The lowest BCUT2D eigenvalue weighted by Crippen LogP contribution is -2.38. The van der Waals surface area contributed by atoms with Gasteiger partial charge in [0.05, 0.1) is 0 Å². The van der Waals surface area contributed by atoms with Crippen LogP contribution in [0.15, 0.2) is 0 Å². The Morgan fingerprint density at radius 2 is 1.88 bits per heavy atom. The monoisotopic (exact) mass is 226 g/mol. The van der Waals surface area contributed by atoms with Gasteiger partial charge in [0.15, 0.2) is 0 Å². The molecule has 0 atom stereocenters. The van der Waals surface area contributed by atoms with Gasteiger partial charge in [0.1, 0.15) is 6.54 Å². The largest absolute Gasteiger partial charge is 0.331 e. The molecule has 0 radical (unpaired) electrons. The normalized spacial score (nSPS) is 15.8. The zero-order valence-electron chi connectivity index (χ0n) is 9.78. The van der Waals surface area contributed by atoms with E-state index in [4.69, 9.17) is 0 Å². The number of carbonyl (C=O) groups is 3. The molecule has 1 aliphatic rings. The van der Waals surface area contributed by atoms with E-state index in [1.165, 1.54) is 0 Å². The Hall–Kier alpha value is -1.39. The van der Waals surface area contributed by atoms with E-state index in [2.05, 4.69) is 5.32 Å². The molecule has 0 aliphatic carbocycles. The Balaban J connectivity index is 2.66. The summed E-state index contributed by atoms with van der Waals surface area (Å²) in [6.07, 6.45) is 3.34. The van der Waals surface area contributed by atoms with E-state index in [0.29, 0.717) is 0 Å². The first-order valence-electron chi connectivity index (χ1n) is 5.75.